The highest BCUT2D eigenvalue weighted by Crippen LogP contribution is 2.36. The highest BCUT2D eigenvalue weighted by atomic mass is 16.6. The van der Waals surface area contributed by atoms with E-state index in [9.17, 15) is 19.6 Å². The largest absolute Gasteiger partial charge is 0.624 e. The number of nitrogens with zero attached hydrogens (tertiary/aromatic N) is 3. The molecular weight excluding hydrogens is 442 g/mol. The second-order valence-corrected chi connectivity index (χ2v) is 8.91. The standard InChI is InChI=1S/C23H33N5O6/c24-5-11-33-13-14-34-12-10-26-6-8-27(9-7-26)18-1-2-19-17(15-18)16-28(32,23(19)31)20-3-4-21(29)25-22(20)30/h1-2,15,20H,3-14,16,24H2,(H,25,29,30). The molecule has 3 aliphatic rings. The summed E-state index contributed by atoms with van der Waals surface area (Å²) in [5, 5.41) is 15.7. The van der Waals surface area contributed by atoms with Crippen LogP contribution in [0, 0.1) is 5.21 Å². The molecule has 3 amide bonds. The molecule has 186 valence electrons. The molecule has 1 aromatic rings. The van der Waals surface area contributed by atoms with Gasteiger partial charge >= 0.3 is 5.91 Å². The molecule has 0 spiro atoms. The number of quaternary nitrogens is 1. The number of carbonyl (C=O) groups is 3. The maximum atomic E-state index is 13.5. The minimum atomic E-state index is -1.25. The van der Waals surface area contributed by atoms with Crippen LogP contribution in [-0.4, -0.2) is 99.0 Å². The molecule has 3 heterocycles. The van der Waals surface area contributed by atoms with E-state index in [1.807, 2.05) is 12.1 Å². The maximum absolute atomic E-state index is 13.5. The van der Waals surface area contributed by atoms with Gasteiger partial charge in [0.15, 0.2) is 6.04 Å². The van der Waals surface area contributed by atoms with E-state index >= 15 is 0 Å². The third-order valence-corrected chi connectivity index (χ3v) is 6.71. The van der Waals surface area contributed by atoms with Crippen LogP contribution in [0.1, 0.15) is 28.8 Å². The second kappa shape index (κ2) is 10.9. The Morgan fingerprint density at radius 2 is 1.79 bits per heavy atom. The first-order valence-electron chi connectivity index (χ1n) is 11.9. The van der Waals surface area contributed by atoms with Gasteiger partial charge in [-0.1, -0.05) is 0 Å². The van der Waals surface area contributed by atoms with E-state index < -0.39 is 28.4 Å². The lowest BCUT2D eigenvalue weighted by atomic mass is 10.0. The summed E-state index contributed by atoms with van der Waals surface area (Å²) in [4.78, 5) is 41.2. The van der Waals surface area contributed by atoms with E-state index in [4.69, 9.17) is 15.2 Å². The summed E-state index contributed by atoms with van der Waals surface area (Å²) in [6.07, 6.45) is 0.165. The molecule has 2 fully saturated rings. The van der Waals surface area contributed by atoms with Gasteiger partial charge in [-0.2, -0.15) is 0 Å². The number of ether oxygens (including phenoxy) is 2. The summed E-state index contributed by atoms with van der Waals surface area (Å²) in [5.74, 6) is -1.66. The van der Waals surface area contributed by atoms with Crippen molar-refractivity contribution in [3.05, 3.63) is 34.5 Å². The molecule has 3 aliphatic heterocycles. The predicted molar refractivity (Wildman–Crippen MR) is 124 cm³/mol. The molecular formula is C23H33N5O6. The lowest BCUT2D eigenvalue weighted by Crippen LogP contribution is -2.60. The Kier molecular flexibility index (Phi) is 7.91. The molecule has 11 nitrogen and oxygen atoms in total. The normalized spacial score (nSPS) is 25.5. The van der Waals surface area contributed by atoms with Gasteiger partial charge in [-0.15, -0.1) is 0 Å². The number of amides is 3. The lowest BCUT2D eigenvalue weighted by Gasteiger charge is -2.42. The van der Waals surface area contributed by atoms with Gasteiger partial charge < -0.3 is 25.3 Å². The van der Waals surface area contributed by atoms with E-state index in [2.05, 4.69) is 15.1 Å². The van der Waals surface area contributed by atoms with Gasteiger partial charge in [-0.05, 0) is 18.2 Å². The number of hydroxylamine groups is 3. The molecule has 3 N–H and O–H groups in total. The molecule has 4 rings (SSSR count). The topological polar surface area (TPSA) is 137 Å². The Hall–Kier alpha value is -2.41. The van der Waals surface area contributed by atoms with Crippen LogP contribution in [0.15, 0.2) is 18.2 Å². The number of piperazine rings is 1. The van der Waals surface area contributed by atoms with E-state index in [0.717, 1.165) is 38.4 Å². The van der Waals surface area contributed by atoms with Crippen LogP contribution in [0.4, 0.5) is 5.69 Å². The molecule has 0 radical (unpaired) electrons. The summed E-state index contributed by atoms with van der Waals surface area (Å²) < 4.78 is 9.65. The van der Waals surface area contributed by atoms with Crippen molar-refractivity contribution in [3.63, 3.8) is 0 Å². The van der Waals surface area contributed by atoms with Gasteiger partial charge in [0.1, 0.15) is 6.54 Å². The zero-order valence-electron chi connectivity index (χ0n) is 19.4. The number of rotatable bonds is 10. The van der Waals surface area contributed by atoms with E-state index in [1.165, 1.54) is 0 Å². The maximum Gasteiger partial charge on any atom is 0.347 e. The first-order valence-corrected chi connectivity index (χ1v) is 11.9. The number of fused-ring (bicyclic) bond motifs is 1. The number of nitrogens with two attached hydrogens (primary N) is 1. The fourth-order valence-electron chi connectivity index (χ4n) is 4.81. The van der Waals surface area contributed by atoms with Crippen LogP contribution in [0.2, 0.25) is 0 Å². The van der Waals surface area contributed by atoms with E-state index in [0.29, 0.717) is 44.1 Å². The Bertz CT molecular complexity index is 919. The number of anilines is 1. The monoisotopic (exact) mass is 475 g/mol. The molecule has 2 saturated heterocycles. The first kappa shape index (κ1) is 24.7. The minimum Gasteiger partial charge on any atom is -0.624 e. The lowest BCUT2D eigenvalue weighted by molar-refractivity contribution is -0.825. The number of nitrogens with one attached hydrogen (secondary N) is 1. The fraction of sp³-hybridized carbons (Fsp3) is 0.609. The molecule has 0 aromatic heterocycles. The fourth-order valence-corrected chi connectivity index (χ4v) is 4.81. The van der Waals surface area contributed by atoms with Crippen molar-refractivity contribution in [3.8, 4) is 0 Å². The molecule has 0 aliphatic carbocycles. The van der Waals surface area contributed by atoms with Gasteiger partial charge in [0, 0.05) is 63.4 Å². The highest BCUT2D eigenvalue weighted by Gasteiger charge is 2.49. The predicted octanol–water partition coefficient (Wildman–Crippen LogP) is -0.426. The van der Waals surface area contributed by atoms with Crippen LogP contribution < -0.4 is 16.0 Å². The summed E-state index contributed by atoms with van der Waals surface area (Å²) >= 11 is 0. The summed E-state index contributed by atoms with van der Waals surface area (Å²) in [5.41, 5.74) is 7.37. The molecule has 11 heteroatoms. The van der Waals surface area contributed by atoms with Crippen LogP contribution in [0.3, 0.4) is 0 Å². The number of benzene rings is 1. The quantitative estimate of drug-likeness (QED) is 0.200. The van der Waals surface area contributed by atoms with Crippen LogP contribution in [-0.2, 0) is 25.6 Å². The van der Waals surface area contributed by atoms with Gasteiger partial charge in [0.05, 0.1) is 32.0 Å². The van der Waals surface area contributed by atoms with Gasteiger partial charge in [-0.3, -0.25) is 24.5 Å². The van der Waals surface area contributed by atoms with Crippen molar-refractivity contribution in [2.75, 3.05) is 70.6 Å². The second-order valence-electron chi connectivity index (χ2n) is 8.91. The number of carbonyl (C=O) groups excluding carboxylic acids is 3. The molecule has 2 atom stereocenters. The van der Waals surface area contributed by atoms with Crippen LogP contribution in [0.25, 0.3) is 0 Å². The van der Waals surface area contributed by atoms with Crippen molar-refractivity contribution in [2.24, 2.45) is 5.73 Å². The van der Waals surface area contributed by atoms with Crippen molar-refractivity contribution in [2.45, 2.75) is 25.4 Å². The molecule has 2 unspecified atom stereocenters. The number of imide groups is 1. The SMILES string of the molecule is NCCOCCOCCN1CCN(c2ccc3c(c2)C[N+]([O-])(C2CCC(=O)NC2=O)C3=O)CC1. The van der Waals surface area contributed by atoms with Gasteiger partial charge in [0.2, 0.25) is 5.91 Å². The number of piperidine rings is 1. The average molecular weight is 476 g/mol. The van der Waals surface area contributed by atoms with Crippen LogP contribution >= 0.6 is 0 Å². The highest BCUT2D eigenvalue weighted by molar-refractivity contribution is 6.02. The third kappa shape index (κ3) is 5.29. The molecule has 34 heavy (non-hydrogen) atoms. The summed E-state index contributed by atoms with van der Waals surface area (Å²) in [6, 6.07) is 4.39. The van der Waals surface area contributed by atoms with Gasteiger partial charge in [-0.25, -0.2) is 4.79 Å². The Morgan fingerprint density at radius 3 is 2.50 bits per heavy atom. The smallest absolute Gasteiger partial charge is 0.347 e. The van der Waals surface area contributed by atoms with Crippen molar-refractivity contribution < 1.29 is 28.5 Å². The summed E-state index contributed by atoms with van der Waals surface area (Å²) in [7, 11) is 0. The zero-order chi connectivity index (χ0) is 24.1. The van der Waals surface area contributed by atoms with Crippen LogP contribution in [0.5, 0.6) is 0 Å². The number of hydrogen-bond acceptors (Lipinski definition) is 9. The Morgan fingerprint density at radius 1 is 1.06 bits per heavy atom. The zero-order valence-corrected chi connectivity index (χ0v) is 19.4. The Labute approximate surface area is 198 Å². The average Bonchev–Trinajstić information content (AvgIpc) is 3.08. The van der Waals surface area contributed by atoms with E-state index in [-0.39, 0.29) is 19.4 Å². The van der Waals surface area contributed by atoms with Crippen molar-refractivity contribution in [1.82, 2.24) is 10.2 Å². The molecule has 0 bridgehead atoms. The van der Waals surface area contributed by atoms with E-state index in [1.54, 1.807) is 6.07 Å². The van der Waals surface area contributed by atoms with Crippen molar-refractivity contribution >= 4 is 23.4 Å². The Balaban J connectivity index is 1.29. The first-order chi connectivity index (χ1) is 16.4. The molecule has 0 saturated carbocycles. The van der Waals surface area contributed by atoms with Crippen molar-refractivity contribution in [1.29, 1.82) is 0 Å². The molecule has 1 aromatic carbocycles. The minimum absolute atomic E-state index is 0.0743. The van der Waals surface area contributed by atoms with Gasteiger partial charge in [0.25, 0.3) is 5.91 Å². The third-order valence-electron chi connectivity index (χ3n) is 6.71. The summed E-state index contributed by atoms with van der Waals surface area (Å²) in [6.45, 7) is 7.04. The number of hydrogen-bond donors (Lipinski definition) is 2.